The van der Waals surface area contributed by atoms with Crippen molar-refractivity contribution in [2.45, 2.75) is 50.7 Å². The molecule has 5 nitrogen and oxygen atoms in total. The molecule has 2 aliphatic rings. The summed E-state index contributed by atoms with van der Waals surface area (Å²) >= 11 is 0. The number of hydrogen-bond donors (Lipinski definition) is 2. The summed E-state index contributed by atoms with van der Waals surface area (Å²) in [5.74, 6) is 1.92. The maximum Gasteiger partial charge on any atom is 0.223 e. The van der Waals surface area contributed by atoms with E-state index in [-0.39, 0.29) is 30.6 Å². The van der Waals surface area contributed by atoms with E-state index in [2.05, 4.69) is 35.6 Å². The second-order valence-corrected chi connectivity index (χ2v) is 7.93. The van der Waals surface area contributed by atoms with Gasteiger partial charge in [-0.2, -0.15) is 0 Å². The third-order valence-corrected chi connectivity index (χ3v) is 5.91. The minimum atomic E-state index is -0.0155. The van der Waals surface area contributed by atoms with Gasteiger partial charge < -0.3 is 19.9 Å². The third-order valence-electron chi connectivity index (χ3n) is 5.91. The van der Waals surface area contributed by atoms with E-state index in [0.717, 1.165) is 50.0 Å². The van der Waals surface area contributed by atoms with Crippen LogP contribution in [0.4, 0.5) is 0 Å². The molecule has 1 heterocycles. The number of aliphatic hydroxyl groups excluding tert-OH is 1. The molecule has 1 saturated carbocycles. The van der Waals surface area contributed by atoms with Gasteiger partial charge in [-0.15, -0.1) is 0 Å². The highest BCUT2D eigenvalue weighted by Crippen LogP contribution is 2.37. The van der Waals surface area contributed by atoms with Gasteiger partial charge in [0.15, 0.2) is 0 Å². The monoisotopic (exact) mass is 395 g/mol. The molecule has 0 spiro atoms. The van der Waals surface area contributed by atoms with Crippen LogP contribution in [0.1, 0.15) is 49.3 Å². The van der Waals surface area contributed by atoms with Gasteiger partial charge in [0.1, 0.15) is 17.6 Å². The van der Waals surface area contributed by atoms with Gasteiger partial charge >= 0.3 is 0 Å². The lowest BCUT2D eigenvalue weighted by molar-refractivity contribution is -0.126. The van der Waals surface area contributed by atoms with Crippen LogP contribution in [0.5, 0.6) is 11.5 Å². The van der Waals surface area contributed by atoms with Crippen molar-refractivity contribution in [3.8, 4) is 11.5 Å². The summed E-state index contributed by atoms with van der Waals surface area (Å²) in [6, 6.07) is 16.5. The number of carbonyl (C=O) groups is 1. The molecule has 0 saturated heterocycles. The summed E-state index contributed by atoms with van der Waals surface area (Å²) < 4.78 is 12.4. The number of ether oxygens (including phenoxy) is 2. The second-order valence-electron chi connectivity index (χ2n) is 7.93. The fraction of sp³-hybridized carbons (Fsp3) is 0.458. The van der Waals surface area contributed by atoms with Crippen molar-refractivity contribution in [3.63, 3.8) is 0 Å². The summed E-state index contributed by atoms with van der Waals surface area (Å²) in [4.78, 5) is 12.0. The number of rotatable bonds is 6. The number of nitrogens with one attached hydrogen (secondary N) is 1. The number of hydrogen-bond acceptors (Lipinski definition) is 4. The van der Waals surface area contributed by atoms with Crippen LogP contribution in [0.2, 0.25) is 0 Å². The van der Waals surface area contributed by atoms with Gasteiger partial charge in [-0.1, -0.05) is 30.3 Å². The van der Waals surface area contributed by atoms with Gasteiger partial charge in [0.05, 0.1) is 12.7 Å². The lowest BCUT2D eigenvalue weighted by atomic mass is 9.86. The van der Waals surface area contributed by atoms with Crippen molar-refractivity contribution in [2.24, 2.45) is 5.92 Å². The van der Waals surface area contributed by atoms with Gasteiger partial charge in [-0.05, 0) is 67.9 Å². The zero-order valence-electron chi connectivity index (χ0n) is 16.7. The van der Waals surface area contributed by atoms with E-state index in [0.29, 0.717) is 6.54 Å². The molecule has 1 amide bonds. The standard InChI is InChI=1S/C24H29NO4/c26-15-14-25-24(27)18-6-9-20(10-7-18)28-21-11-13-23-19(16-21)8-12-22(29-23)17-4-2-1-3-5-17/h1-5,11,13,16,18,20,22,26H,6-10,12,14-15H2,(H,25,27)/t18?,20?,22-/m0/s1. The van der Waals surface area contributed by atoms with Crippen LogP contribution in [0.3, 0.4) is 0 Å². The minimum Gasteiger partial charge on any atom is -0.490 e. The van der Waals surface area contributed by atoms with E-state index < -0.39 is 0 Å². The van der Waals surface area contributed by atoms with Crippen LogP contribution >= 0.6 is 0 Å². The van der Waals surface area contributed by atoms with Crippen molar-refractivity contribution in [3.05, 3.63) is 59.7 Å². The maximum absolute atomic E-state index is 12.0. The number of benzene rings is 2. The first-order valence-corrected chi connectivity index (χ1v) is 10.6. The quantitative estimate of drug-likeness (QED) is 0.781. The number of carbonyl (C=O) groups excluding carboxylic acids is 1. The zero-order valence-corrected chi connectivity index (χ0v) is 16.7. The molecule has 2 aromatic rings. The van der Waals surface area contributed by atoms with E-state index in [1.807, 2.05) is 18.2 Å². The van der Waals surface area contributed by atoms with Gasteiger partial charge in [-0.25, -0.2) is 0 Å². The molecule has 1 fully saturated rings. The smallest absolute Gasteiger partial charge is 0.223 e. The maximum atomic E-state index is 12.0. The van der Waals surface area contributed by atoms with Crippen molar-refractivity contribution in [1.29, 1.82) is 0 Å². The lowest BCUT2D eigenvalue weighted by Crippen LogP contribution is -2.36. The number of amides is 1. The molecule has 2 aromatic carbocycles. The highest BCUT2D eigenvalue weighted by Gasteiger charge is 2.27. The SMILES string of the molecule is O=C(NCCO)C1CCC(Oc2ccc3c(c2)CC[C@@H](c2ccccc2)O3)CC1. The Kier molecular flexibility index (Phi) is 6.35. The molecule has 0 radical (unpaired) electrons. The third kappa shape index (κ3) is 4.91. The van der Waals surface area contributed by atoms with E-state index in [1.165, 1.54) is 11.1 Å². The molecule has 1 aliphatic heterocycles. The summed E-state index contributed by atoms with van der Waals surface area (Å²) in [5.41, 5.74) is 2.42. The summed E-state index contributed by atoms with van der Waals surface area (Å²) in [5, 5.41) is 11.6. The fourth-order valence-corrected chi connectivity index (χ4v) is 4.30. The first-order chi connectivity index (χ1) is 14.2. The topological polar surface area (TPSA) is 67.8 Å². The normalized spacial score (nSPS) is 23.6. The molecular formula is C24H29NO4. The fourth-order valence-electron chi connectivity index (χ4n) is 4.30. The summed E-state index contributed by atoms with van der Waals surface area (Å²) in [6.07, 6.45) is 5.61. The predicted octanol–water partition coefficient (Wildman–Crippen LogP) is 3.80. The first-order valence-electron chi connectivity index (χ1n) is 10.6. The first kappa shape index (κ1) is 19.8. The Hall–Kier alpha value is -2.53. The average molecular weight is 395 g/mol. The summed E-state index contributed by atoms with van der Waals surface area (Å²) in [6.45, 7) is 0.315. The van der Waals surface area contributed by atoms with E-state index >= 15 is 0 Å². The lowest BCUT2D eigenvalue weighted by Gasteiger charge is -2.29. The highest BCUT2D eigenvalue weighted by molar-refractivity contribution is 5.78. The highest BCUT2D eigenvalue weighted by atomic mass is 16.5. The molecule has 154 valence electrons. The van der Waals surface area contributed by atoms with Crippen LogP contribution < -0.4 is 14.8 Å². The van der Waals surface area contributed by atoms with Crippen LogP contribution in [0.25, 0.3) is 0 Å². The zero-order chi connectivity index (χ0) is 20.1. The second kappa shape index (κ2) is 9.31. The van der Waals surface area contributed by atoms with E-state index in [9.17, 15) is 4.79 Å². The molecule has 5 heteroatoms. The van der Waals surface area contributed by atoms with Crippen molar-refractivity contribution in [1.82, 2.24) is 5.32 Å². The van der Waals surface area contributed by atoms with E-state index in [1.54, 1.807) is 0 Å². The molecule has 29 heavy (non-hydrogen) atoms. The van der Waals surface area contributed by atoms with E-state index in [4.69, 9.17) is 14.6 Å². The summed E-state index contributed by atoms with van der Waals surface area (Å²) in [7, 11) is 0. The van der Waals surface area contributed by atoms with Gasteiger partial charge in [0.25, 0.3) is 0 Å². The minimum absolute atomic E-state index is 0.0155. The largest absolute Gasteiger partial charge is 0.490 e. The molecule has 1 aliphatic carbocycles. The molecule has 0 aromatic heterocycles. The Bertz CT molecular complexity index is 815. The van der Waals surface area contributed by atoms with Crippen LogP contribution in [0, 0.1) is 5.92 Å². The van der Waals surface area contributed by atoms with Crippen LogP contribution in [0.15, 0.2) is 48.5 Å². The number of aliphatic hydroxyl groups is 1. The Morgan fingerprint density at radius 2 is 1.86 bits per heavy atom. The molecular weight excluding hydrogens is 366 g/mol. The molecule has 0 unspecified atom stereocenters. The molecule has 2 N–H and O–H groups in total. The van der Waals surface area contributed by atoms with Gasteiger partial charge in [-0.3, -0.25) is 4.79 Å². The Morgan fingerprint density at radius 3 is 2.62 bits per heavy atom. The Morgan fingerprint density at radius 1 is 1.07 bits per heavy atom. The molecule has 1 atom stereocenters. The number of fused-ring (bicyclic) bond motifs is 1. The van der Waals surface area contributed by atoms with Crippen molar-refractivity contribution >= 4 is 5.91 Å². The average Bonchev–Trinajstić information content (AvgIpc) is 2.78. The number of aryl methyl sites for hydroxylation is 1. The van der Waals surface area contributed by atoms with Gasteiger partial charge in [0.2, 0.25) is 5.91 Å². The predicted molar refractivity (Wildman–Crippen MR) is 111 cm³/mol. The van der Waals surface area contributed by atoms with Gasteiger partial charge in [0, 0.05) is 12.5 Å². The van der Waals surface area contributed by atoms with Crippen LogP contribution in [-0.4, -0.2) is 30.3 Å². The molecule has 0 bridgehead atoms. The van der Waals surface area contributed by atoms with Crippen molar-refractivity contribution < 1.29 is 19.4 Å². The Labute approximate surface area is 172 Å². The van der Waals surface area contributed by atoms with Crippen LogP contribution in [-0.2, 0) is 11.2 Å². The molecule has 4 rings (SSSR count). The Balaban J connectivity index is 1.31. The van der Waals surface area contributed by atoms with Crippen molar-refractivity contribution in [2.75, 3.05) is 13.2 Å².